The van der Waals surface area contributed by atoms with E-state index in [1.165, 1.54) is 22.9 Å². The second-order valence-electron chi connectivity index (χ2n) is 11.8. The standard InChI is InChI=1S/C32H40N2O5S2/c1-23-12-14-27-25(20-23)31(2,3)30(34(27)17-19-40)11-9-10-29-32(4,5)26-21-24(41(36,37)38)13-15-28(26)33(29)16-7-6-8-18-39-22-35/h9-15,20-22H,6-8,16-19H2,1-5H3,(H-,36,37,38,40)/p+1/i/hT. The molecule has 0 spiro atoms. The minimum atomic E-state index is -4.34. The number of rotatable bonds is 13. The Morgan fingerprint density at radius 1 is 1.07 bits per heavy atom. The van der Waals surface area contributed by atoms with Crippen LogP contribution in [0.1, 0.15) is 63.6 Å². The van der Waals surface area contributed by atoms with Gasteiger partial charge < -0.3 is 9.64 Å². The van der Waals surface area contributed by atoms with Gasteiger partial charge in [0.25, 0.3) is 16.6 Å². The Balaban J connectivity index is 1.72. The van der Waals surface area contributed by atoms with E-state index in [1.807, 2.05) is 0 Å². The van der Waals surface area contributed by atoms with Gasteiger partial charge in [-0.15, -0.1) is 0 Å². The van der Waals surface area contributed by atoms with Gasteiger partial charge >= 0.3 is 0 Å². The fraction of sp³-hybridized carbons (Fsp3) is 0.438. The van der Waals surface area contributed by atoms with Gasteiger partial charge in [-0.25, -0.2) is 0 Å². The molecule has 0 unspecified atom stereocenters. The van der Waals surface area contributed by atoms with Crippen LogP contribution in [0.25, 0.3) is 0 Å². The maximum Gasteiger partial charge on any atom is 0.294 e. The van der Waals surface area contributed by atoms with Crippen molar-refractivity contribution in [2.75, 3.05) is 30.3 Å². The highest BCUT2D eigenvalue weighted by Crippen LogP contribution is 2.48. The van der Waals surface area contributed by atoms with Crippen LogP contribution < -0.4 is 4.90 Å². The Kier molecular flexibility index (Phi) is 8.78. The molecule has 2 aliphatic heterocycles. The maximum absolute atomic E-state index is 12.0. The minimum Gasteiger partial charge on any atom is -0.468 e. The predicted octanol–water partition coefficient (Wildman–Crippen LogP) is 6.13. The number of unbranched alkanes of at least 4 members (excludes halogenated alkanes) is 2. The molecule has 9 heteroatoms. The Morgan fingerprint density at radius 2 is 1.85 bits per heavy atom. The first-order valence-corrected chi connectivity index (χ1v) is 16.0. The van der Waals surface area contributed by atoms with Crippen molar-refractivity contribution in [1.29, 1.82) is 1.12 Å². The molecule has 0 amide bonds. The molecule has 220 valence electrons. The Bertz CT molecular complexity index is 1540. The summed E-state index contributed by atoms with van der Waals surface area (Å²) in [6.45, 7) is 13.0. The molecule has 2 aromatic carbocycles. The van der Waals surface area contributed by atoms with Crippen molar-refractivity contribution in [1.82, 2.24) is 0 Å². The van der Waals surface area contributed by atoms with E-state index in [4.69, 9.17) is 5.86 Å². The number of carbonyl (C=O) groups excluding carboxylic acids is 1. The van der Waals surface area contributed by atoms with Gasteiger partial charge in [-0.05, 0) is 75.9 Å². The summed E-state index contributed by atoms with van der Waals surface area (Å²) >= 11 is 1.09. The van der Waals surface area contributed by atoms with Crippen molar-refractivity contribution in [3.8, 4) is 0 Å². The van der Waals surface area contributed by atoms with E-state index in [-0.39, 0.29) is 10.3 Å². The molecule has 2 heterocycles. The largest absolute Gasteiger partial charge is 0.468 e. The summed E-state index contributed by atoms with van der Waals surface area (Å²) in [6, 6.07) is 11.4. The van der Waals surface area contributed by atoms with Crippen molar-refractivity contribution < 1.29 is 27.1 Å². The van der Waals surface area contributed by atoms with Crippen molar-refractivity contribution in [3.05, 3.63) is 77.0 Å². The molecule has 1 N–H and O–H groups in total. The number of carbonyl (C=O) groups is 1. The van der Waals surface area contributed by atoms with Gasteiger partial charge in [0.05, 0.1) is 16.9 Å². The number of nitrogens with zero attached hydrogens (tertiary/aromatic N) is 2. The molecule has 0 fully saturated rings. The average Bonchev–Trinajstić information content (AvgIpc) is 3.27. The highest BCUT2D eigenvalue weighted by Gasteiger charge is 2.44. The van der Waals surface area contributed by atoms with Crippen LogP contribution in [0.15, 0.2) is 65.2 Å². The average molecular weight is 600 g/mol. The zero-order valence-electron chi connectivity index (χ0n) is 25.5. The number of ether oxygens (including phenoxy) is 1. The second-order valence-corrected chi connectivity index (χ2v) is 13.6. The van der Waals surface area contributed by atoms with E-state index in [9.17, 15) is 17.8 Å². The van der Waals surface area contributed by atoms with Crippen LogP contribution in [0.3, 0.4) is 0 Å². The molecular weight excluding hydrogens is 556 g/mol. The van der Waals surface area contributed by atoms with Crippen molar-refractivity contribution >= 4 is 46.2 Å². The molecule has 0 radical (unpaired) electrons. The lowest BCUT2D eigenvalue weighted by Crippen LogP contribution is -2.28. The molecule has 0 saturated carbocycles. The number of allylic oxidation sites excluding steroid dienone is 4. The topological polar surface area (TPSA) is 86.9 Å². The van der Waals surface area contributed by atoms with E-state index < -0.39 is 15.5 Å². The Labute approximate surface area is 250 Å². The summed E-state index contributed by atoms with van der Waals surface area (Å²) in [7, 11) is -4.34. The monoisotopic (exact) mass is 599 g/mol. The third-order valence-corrected chi connectivity index (χ3v) is 9.28. The Hall–Kier alpha value is -2.88. The maximum atomic E-state index is 12.0. The van der Waals surface area contributed by atoms with Crippen LogP contribution in [0, 0.1) is 6.92 Å². The molecule has 0 aliphatic carbocycles. The first-order valence-electron chi connectivity index (χ1n) is 14.4. The molecule has 0 atom stereocenters. The number of benzene rings is 2. The fourth-order valence-electron chi connectivity index (χ4n) is 6.09. The van der Waals surface area contributed by atoms with Gasteiger partial charge in [0.1, 0.15) is 1.12 Å². The molecule has 0 bridgehead atoms. The van der Waals surface area contributed by atoms with Gasteiger partial charge in [-0.3, -0.25) is 9.35 Å². The second kappa shape index (κ2) is 12.2. The third-order valence-electron chi connectivity index (χ3n) is 8.24. The van der Waals surface area contributed by atoms with Crippen LogP contribution in [0.2, 0.25) is 0 Å². The lowest BCUT2D eigenvalue weighted by molar-refractivity contribution is -0.431. The zero-order valence-corrected chi connectivity index (χ0v) is 26.1. The number of fused-ring (bicyclic) bond motifs is 2. The van der Waals surface area contributed by atoms with Crippen molar-refractivity contribution in [2.24, 2.45) is 0 Å². The first-order chi connectivity index (χ1) is 19.8. The number of thiol groups is 1. The van der Waals surface area contributed by atoms with E-state index in [1.54, 1.807) is 12.1 Å². The summed E-state index contributed by atoms with van der Waals surface area (Å²) in [5.74, 6) is 0.686. The van der Waals surface area contributed by atoms with E-state index in [0.29, 0.717) is 25.4 Å². The quantitative estimate of drug-likeness (QED) is 0.0948. The molecule has 7 nitrogen and oxygen atoms in total. The van der Waals surface area contributed by atoms with Gasteiger partial charge in [0.2, 0.25) is 5.69 Å². The summed E-state index contributed by atoms with van der Waals surface area (Å²) in [5.41, 5.74) is 6.89. The van der Waals surface area contributed by atoms with Crippen LogP contribution in [-0.4, -0.2) is 56.3 Å². The summed E-state index contributed by atoms with van der Waals surface area (Å²) in [6.07, 6.45) is 8.85. The summed E-state index contributed by atoms with van der Waals surface area (Å²) in [5, 5.41) is 0. The number of aryl methyl sites for hydroxylation is 1. The molecule has 2 aliphatic rings. The normalized spacial score (nSPS) is 18.6. The Morgan fingerprint density at radius 3 is 2.56 bits per heavy atom. The number of hydrogen-bond donors (Lipinski definition) is 2. The molecule has 41 heavy (non-hydrogen) atoms. The van der Waals surface area contributed by atoms with Gasteiger partial charge in [0.15, 0.2) is 12.3 Å². The number of hydrogen-bond acceptors (Lipinski definition) is 6. The summed E-state index contributed by atoms with van der Waals surface area (Å²) < 4.78 is 48.5. The molecule has 4 rings (SSSR count). The van der Waals surface area contributed by atoms with Gasteiger partial charge in [-0.1, -0.05) is 31.6 Å². The SMILES string of the molecule is [3H]SCC[N+]1=C(/C=C/C=C2/N(CCCCCOC=O)c3ccc(S(=O)(=O)O)cc3C2(C)C)C(C)(C)c2cc(C)ccc21. The smallest absolute Gasteiger partial charge is 0.294 e. The van der Waals surface area contributed by atoms with E-state index >= 15 is 0 Å². The van der Waals surface area contributed by atoms with Crippen molar-refractivity contribution in [2.45, 2.75) is 69.6 Å². The fourth-order valence-corrected chi connectivity index (χ4v) is 6.78. The third kappa shape index (κ3) is 6.17. The van der Waals surface area contributed by atoms with Crippen LogP contribution in [-0.2, 0) is 30.5 Å². The lowest BCUT2D eigenvalue weighted by atomic mass is 9.80. The predicted molar refractivity (Wildman–Crippen MR) is 168 cm³/mol. The lowest BCUT2D eigenvalue weighted by Gasteiger charge is -2.27. The first kappa shape index (κ1) is 29.6. The highest BCUT2D eigenvalue weighted by molar-refractivity contribution is 7.85. The van der Waals surface area contributed by atoms with E-state index in [0.717, 1.165) is 61.0 Å². The molecule has 0 aromatic heterocycles. The van der Waals surface area contributed by atoms with Gasteiger partial charge in [-0.2, -0.15) is 25.5 Å². The molecule has 0 saturated heterocycles. The molecular formula is C32H41N2O5S2+. The minimum absolute atomic E-state index is 0.115. The highest BCUT2D eigenvalue weighted by atomic mass is 32.2. The van der Waals surface area contributed by atoms with Gasteiger partial charge in [0, 0.05) is 46.8 Å². The van der Waals surface area contributed by atoms with Crippen LogP contribution in [0.4, 0.5) is 11.4 Å². The summed E-state index contributed by atoms with van der Waals surface area (Å²) in [4.78, 5) is 12.6. The van der Waals surface area contributed by atoms with E-state index in [2.05, 4.69) is 80.5 Å². The molecule has 2 aromatic rings. The number of anilines is 1. The van der Waals surface area contributed by atoms with Crippen LogP contribution in [0.5, 0.6) is 0 Å². The zero-order chi connectivity index (χ0) is 30.7. The van der Waals surface area contributed by atoms with Crippen LogP contribution >= 0.6 is 12.5 Å². The van der Waals surface area contributed by atoms with Crippen molar-refractivity contribution in [3.63, 3.8) is 0 Å².